The normalized spacial score (nSPS) is 27.0. The number of nitrogens with one attached hydrogen (secondary N) is 2. The standard InChI is InChI=1S/C20H29N3O2/c1-13(2)15-4-6-17(7-5-15)23-11-9-18(20(23)25)19(24)22-16-8-10-21-14(3)12-16/h4-7,13-14,16,18,21H,8-12H2,1-3H3,(H,22,24). The van der Waals surface area contributed by atoms with E-state index in [-0.39, 0.29) is 17.9 Å². The molecule has 2 aliphatic heterocycles. The molecule has 5 heteroatoms. The van der Waals surface area contributed by atoms with Gasteiger partial charge in [0.25, 0.3) is 0 Å². The molecule has 5 nitrogen and oxygen atoms in total. The van der Waals surface area contributed by atoms with Gasteiger partial charge in [-0.1, -0.05) is 26.0 Å². The van der Waals surface area contributed by atoms with Crippen LogP contribution in [0.25, 0.3) is 0 Å². The summed E-state index contributed by atoms with van der Waals surface area (Å²) < 4.78 is 0. The van der Waals surface area contributed by atoms with Gasteiger partial charge in [-0.3, -0.25) is 9.59 Å². The molecule has 1 aromatic rings. The second-order valence-electron chi connectivity index (χ2n) is 7.66. The Bertz CT molecular complexity index is 626. The molecule has 2 fully saturated rings. The largest absolute Gasteiger partial charge is 0.353 e. The van der Waals surface area contributed by atoms with Crippen molar-refractivity contribution in [1.82, 2.24) is 10.6 Å². The van der Waals surface area contributed by atoms with Gasteiger partial charge < -0.3 is 15.5 Å². The van der Waals surface area contributed by atoms with E-state index in [1.165, 1.54) is 5.56 Å². The Balaban J connectivity index is 1.61. The summed E-state index contributed by atoms with van der Waals surface area (Å²) in [5, 5.41) is 6.47. The third kappa shape index (κ3) is 4.03. The Morgan fingerprint density at radius 2 is 1.96 bits per heavy atom. The minimum absolute atomic E-state index is 0.0724. The third-order valence-electron chi connectivity index (χ3n) is 5.36. The van der Waals surface area contributed by atoms with Gasteiger partial charge in [-0.25, -0.2) is 0 Å². The van der Waals surface area contributed by atoms with Crippen molar-refractivity contribution in [2.75, 3.05) is 18.0 Å². The average Bonchev–Trinajstić information content (AvgIpc) is 2.96. The molecule has 2 heterocycles. The Morgan fingerprint density at radius 3 is 2.60 bits per heavy atom. The molecule has 0 spiro atoms. The van der Waals surface area contributed by atoms with E-state index in [1.54, 1.807) is 4.90 Å². The van der Waals surface area contributed by atoms with Gasteiger partial charge in [0.05, 0.1) is 0 Å². The number of anilines is 1. The number of benzene rings is 1. The zero-order chi connectivity index (χ0) is 18.0. The molecule has 2 N–H and O–H groups in total. The number of nitrogens with zero attached hydrogens (tertiary/aromatic N) is 1. The highest BCUT2D eigenvalue weighted by Gasteiger charge is 2.38. The summed E-state index contributed by atoms with van der Waals surface area (Å²) in [6.07, 6.45) is 2.45. The summed E-state index contributed by atoms with van der Waals surface area (Å²) in [7, 11) is 0. The van der Waals surface area contributed by atoms with Crippen molar-refractivity contribution in [3.8, 4) is 0 Å². The minimum Gasteiger partial charge on any atom is -0.353 e. The lowest BCUT2D eigenvalue weighted by Crippen LogP contribution is -2.49. The van der Waals surface area contributed by atoms with Crippen LogP contribution in [0.3, 0.4) is 0 Å². The molecule has 0 saturated carbocycles. The molecular weight excluding hydrogens is 314 g/mol. The van der Waals surface area contributed by atoms with Gasteiger partial charge in [0.15, 0.2) is 0 Å². The fourth-order valence-corrected chi connectivity index (χ4v) is 3.78. The molecule has 136 valence electrons. The topological polar surface area (TPSA) is 61.4 Å². The highest BCUT2D eigenvalue weighted by atomic mass is 16.2. The fraction of sp³-hybridized carbons (Fsp3) is 0.600. The molecule has 0 aromatic heterocycles. The Kier molecular flexibility index (Phi) is 5.42. The first kappa shape index (κ1) is 17.9. The lowest BCUT2D eigenvalue weighted by Gasteiger charge is -2.29. The van der Waals surface area contributed by atoms with Gasteiger partial charge in [-0.15, -0.1) is 0 Å². The zero-order valence-electron chi connectivity index (χ0n) is 15.4. The number of amides is 2. The first-order chi connectivity index (χ1) is 12.0. The van der Waals surface area contributed by atoms with Crippen LogP contribution in [0, 0.1) is 5.92 Å². The van der Waals surface area contributed by atoms with Gasteiger partial charge in [0, 0.05) is 24.3 Å². The SMILES string of the molecule is CC1CC(NC(=O)C2CCN(c3ccc(C(C)C)cc3)C2=O)CCN1. The smallest absolute Gasteiger partial charge is 0.239 e. The number of hydrogen-bond donors (Lipinski definition) is 2. The van der Waals surface area contributed by atoms with Crippen LogP contribution in [0.1, 0.15) is 51.5 Å². The molecule has 0 bridgehead atoms. The molecule has 3 unspecified atom stereocenters. The summed E-state index contributed by atoms with van der Waals surface area (Å²) in [5.74, 6) is -0.258. The predicted molar refractivity (Wildman–Crippen MR) is 99.6 cm³/mol. The van der Waals surface area contributed by atoms with Crippen LogP contribution in [0.4, 0.5) is 5.69 Å². The maximum Gasteiger partial charge on any atom is 0.239 e. The number of hydrogen-bond acceptors (Lipinski definition) is 3. The highest BCUT2D eigenvalue weighted by Crippen LogP contribution is 2.27. The van der Waals surface area contributed by atoms with Gasteiger partial charge in [0.1, 0.15) is 5.92 Å². The lowest BCUT2D eigenvalue weighted by molar-refractivity contribution is -0.132. The third-order valence-corrected chi connectivity index (χ3v) is 5.36. The van der Waals surface area contributed by atoms with Crippen molar-refractivity contribution in [3.05, 3.63) is 29.8 Å². The summed E-state index contributed by atoms with van der Waals surface area (Å²) >= 11 is 0. The fourth-order valence-electron chi connectivity index (χ4n) is 3.78. The quantitative estimate of drug-likeness (QED) is 0.826. The molecule has 1 aromatic carbocycles. The summed E-state index contributed by atoms with van der Waals surface area (Å²) in [6, 6.07) is 8.70. The Labute approximate surface area is 150 Å². The van der Waals surface area contributed by atoms with Crippen molar-refractivity contribution in [2.45, 2.75) is 58.0 Å². The van der Waals surface area contributed by atoms with E-state index in [4.69, 9.17) is 0 Å². The van der Waals surface area contributed by atoms with Crippen LogP contribution < -0.4 is 15.5 Å². The zero-order valence-corrected chi connectivity index (χ0v) is 15.4. The second kappa shape index (κ2) is 7.56. The van der Waals surface area contributed by atoms with Crippen LogP contribution in [-0.2, 0) is 9.59 Å². The van der Waals surface area contributed by atoms with Crippen molar-refractivity contribution in [1.29, 1.82) is 0 Å². The summed E-state index contributed by atoms with van der Waals surface area (Å²) in [6.45, 7) is 7.96. The Hall–Kier alpha value is -1.88. The van der Waals surface area contributed by atoms with Crippen molar-refractivity contribution in [3.63, 3.8) is 0 Å². The molecule has 3 rings (SSSR count). The van der Waals surface area contributed by atoms with E-state index in [1.807, 2.05) is 12.1 Å². The predicted octanol–water partition coefficient (Wildman–Crippen LogP) is 2.42. The van der Waals surface area contributed by atoms with Crippen LogP contribution in [0.5, 0.6) is 0 Å². The minimum atomic E-state index is -0.546. The van der Waals surface area contributed by atoms with Crippen LogP contribution in [0.2, 0.25) is 0 Å². The average molecular weight is 343 g/mol. The van der Waals surface area contributed by atoms with Crippen molar-refractivity contribution >= 4 is 17.5 Å². The lowest BCUT2D eigenvalue weighted by atomic mass is 9.99. The maximum atomic E-state index is 12.7. The summed E-state index contributed by atoms with van der Waals surface area (Å²) in [4.78, 5) is 27.0. The first-order valence-electron chi connectivity index (χ1n) is 9.41. The van der Waals surface area contributed by atoms with Crippen LogP contribution in [-0.4, -0.2) is 37.0 Å². The van der Waals surface area contributed by atoms with E-state index in [2.05, 4.69) is 43.5 Å². The van der Waals surface area contributed by atoms with E-state index in [9.17, 15) is 9.59 Å². The first-order valence-corrected chi connectivity index (χ1v) is 9.41. The molecule has 25 heavy (non-hydrogen) atoms. The van der Waals surface area contributed by atoms with E-state index in [0.29, 0.717) is 24.9 Å². The van der Waals surface area contributed by atoms with Gasteiger partial charge in [-0.05, 0) is 56.3 Å². The van der Waals surface area contributed by atoms with Crippen LogP contribution in [0.15, 0.2) is 24.3 Å². The number of rotatable bonds is 4. The molecule has 2 amide bonds. The summed E-state index contributed by atoms with van der Waals surface area (Å²) in [5.41, 5.74) is 2.14. The van der Waals surface area contributed by atoms with Gasteiger partial charge in [-0.2, -0.15) is 0 Å². The highest BCUT2D eigenvalue weighted by molar-refractivity contribution is 6.09. The number of carbonyl (C=O) groups is 2. The number of carbonyl (C=O) groups excluding carboxylic acids is 2. The van der Waals surface area contributed by atoms with E-state index in [0.717, 1.165) is 25.1 Å². The van der Waals surface area contributed by atoms with Crippen molar-refractivity contribution < 1.29 is 9.59 Å². The molecule has 2 saturated heterocycles. The molecule has 2 aliphatic rings. The molecule has 0 aliphatic carbocycles. The molecular formula is C20H29N3O2. The maximum absolute atomic E-state index is 12.7. The van der Waals surface area contributed by atoms with Gasteiger partial charge in [0.2, 0.25) is 11.8 Å². The Morgan fingerprint density at radius 1 is 1.24 bits per heavy atom. The van der Waals surface area contributed by atoms with Crippen LogP contribution >= 0.6 is 0 Å². The monoisotopic (exact) mass is 343 g/mol. The van der Waals surface area contributed by atoms with Crippen molar-refractivity contribution in [2.24, 2.45) is 5.92 Å². The molecule has 3 atom stereocenters. The molecule has 0 radical (unpaired) electrons. The van der Waals surface area contributed by atoms with E-state index >= 15 is 0 Å². The van der Waals surface area contributed by atoms with E-state index < -0.39 is 5.92 Å². The van der Waals surface area contributed by atoms with Gasteiger partial charge >= 0.3 is 0 Å². The second-order valence-corrected chi connectivity index (χ2v) is 7.66. The number of piperidine rings is 1.